The van der Waals surface area contributed by atoms with Crippen LogP contribution < -0.4 is 4.74 Å². The fourth-order valence-electron chi connectivity index (χ4n) is 5.06. The lowest BCUT2D eigenvalue weighted by Crippen LogP contribution is -2.51. The average molecular weight is 445 g/mol. The maximum Gasteiger partial charge on any atom is 0.356 e. The van der Waals surface area contributed by atoms with Crippen LogP contribution in [0, 0.1) is 0 Å². The molecule has 2 aromatic rings. The van der Waals surface area contributed by atoms with E-state index in [1.165, 1.54) is 0 Å². The first-order valence-corrected chi connectivity index (χ1v) is 11.2. The molecular weight excluding hydrogens is 420 g/mol. The molecule has 1 N–H and O–H groups in total. The van der Waals surface area contributed by atoms with Gasteiger partial charge in [-0.15, -0.1) is 0 Å². The molecule has 1 saturated carbocycles. The molecule has 1 atom stereocenters. The summed E-state index contributed by atoms with van der Waals surface area (Å²) in [5.41, 5.74) is 1.63. The van der Waals surface area contributed by atoms with Crippen molar-refractivity contribution in [3.8, 4) is 5.88 Å². The highest BCUT2D eigenvalue weighted by atomic mass is 35.5. The molecule has 1 amide bonds. The number of piperidine rings is 1. The largest absolute Gasteiger partial charge is 0.476 e. The maximum absolute atomic E-state index is 13.3. The highest BCUT2D eigenvalue weighted by Gasteiger charge is 2.54. The molecule has 3 heterocycles. The molecule has 164 valence electrons. The number of hydrogen-bond donors (Lipinski definition) is 1. The van der Waals surface area contributed by atoms with E-state index < -0.39 is 5.97 Å². The molecule has 31 heavy (non-hydrogen) atoms. The van der Waals surface area contributed by atoms with Gasteiger partial charge in [0.05, 0.1) is 0 Å². The van der Waals surface area contributed by atoms with Gasteiger partial charge in [-0.1, -0.05) is 11.6 Å². The van der Waals surface area contributed by atoms with E-state index in [4.69, 9.17) is 16.3 Å². The summed E-state index contributed by atoms with van der Waals surface area (Å²) in [6.45, 7) is 0.693. The Hall–Kier alpha value is -2.61. The van der Waals surface area contributed by atoms with E-state index in [1.54, 1.807) is 23.0 Å². The van der Waals surface area contributed by atoms with Crippen molar-refractivity contribution in [1.29, 1.82) is 0 Å². The second kappa shape index (κ2) is 7.82. The summed E-state index contributed by atoms with van der Waals surface area (Å²) in [7, 11) is 0. The molecule has 2 fully saturated rings. The number of fused-ring (bicyclic) bond motifs is 1. The Balaban J connectivity index is 1.29. The summed E-state index contributed by atoms with van der Waals surface area (Å²) in [6.07, 6.45) is 8.43. The van der Waals surface area contributed by atoms with Gasteiger partial charge in [0.1, 0.15) is 17.7 Å². The minimum Gasteiger partial charge on any atom is -0.476 e. The van der Waals surface area contributed by atoms with Crippen LogP contribution in [0.25, 0.3) is 0 Å². The average Bonchev–Trinajstić information content (AvgIpc) is 3.41. The number of pyridine rings is 1. The number of rotatable bonds is 5. The Kier molecular flexibility index (Phi) is 5.12. The number of ether oxygens (including phenoxy) is 1. The van der Waals surface area contributed by atoms with E-state index in [-0.39, 0.29) is 29.8 Å². The van der Waals surface area contributed by atoms with Crippen LogP contribution in [-0.2, 0) is 24.2 Å². The van der Waals surface area contributed by atoms with Gasteiger partial charge in [-0.2, -0.15) is 5.10 Å². The van der Waals surface area contributed by atoms with Crippen LogP contribution in [0.3, 0.4) is 0 Å². The lowest BCUT2D eigenvalue weighted by atomic mass is 9.95. The first-order valence-electron chi connectivity index (χ1n) is 10.9. The van der Waals surface area contributed by atoms with E-state index in [9.17, 15) is 14.7 Å². The minimum absolute atomic E-state index is 0.000342. The zero-order valence-corrected chi connectivity index (χ0v) is 18.0. The van der Waals surface area contributed by atoms with Gasteiger partial charge in [0.2, 0.25) is 11.8 Å². The van der Waals surface area contributed by atoms with E-state index in [0.29, 0.717) is 30.3 Å². The molecule has 5 rings (SSSR count). The lowest BCUT2D eigenvalue weighted by Gasteiger charge is -2.40. The number of carbonyl (C=O) groups excluding carboxylic acids is 1. The number of carboxylic acid groups (broad SMARTS) is 1. The molecule has 0 radical (unpaired) electrons. The maximum atomic E-state index is 13.3. The summed E-state index contributed by atoms with van der Waals surface area (Å²) in [6, 6.07) is 3.52. The van der Waals surface area contributed by atoms with Gasteiger partial charge in [0.25, 0.3) is 0 Å². The van der Waals surface area contributed by atoms with Gasteiger partial charge >= 0.3 is 5.97 Å². The topological polar surface area (TPSA) is 97.5 Å². The summed E-state index contributed by atoms with van der Waals surface area (Å²) in [5.74, 6) is -0.581. The number of carbonyl (C=O) groups is 2. The van der Waals surface area contributed by atoms with Gasteiger partial charge in [0.15, 0.2) is 5.69 Å². The number of aromatic carboxylic acids is 1. The molecule has 0 aromatic carbocycles. The molecule has 2 aliphatic carbocycles. The fraction of sp³-hybridized carbons (Fsp3) is 0.545. The number of nitrogens with zero attached hydrogens (tertiary/aromatic N) is 4. The quantitative estimate of drug-likeness (QED) is 0.760. The molecular formula is C22H25ClN4O4. The number of aromatic nitrogens is 3. The van der Waals surface area contributed by atoms with Crippen molar-refractivity contribution in [1.82, 2.24) is 19.7 Å². The van der Waals surface area contributed by atoms with Gasteiger partial charge in [-0.25, -0.2) is 9.78 Å². The van der Waals surface area contributed by atoms with Crippen molar-refractivity contribution in [2.24, 2.45) is 0 Å². The van der Waals surface area contributed by atoms with Crippen molar-refractivity contribution >= 4 is 23.5 Å². The Morgan fingerprint density at radius 2 is 2.10 bits per heavy atom. The van der Waals surface area contributed by atoms with Crippen LogP contribution in [0.2, 0.25) is 5.02 Å². The predicted octanol–water partition coefficient (Wildman–Crippen LogP) is 3.11. The summed E-state index contributed by atoms with van der Waals surface area (Å²) >= 11 is 6.18. The number of amides is 1. The van der Waals surface area contributed by atoms with Crippen molar-refractivity contribution in [2.45, 2.75) is 69.6 Å². The van der Waals surface area contributed by atoms with E-state index in [2.05, 4.69) is 10.1 Å². The molecule has 1 spiro atoms. The highest BCUT2D eigenvalue weighted by Crippen LogP contribution is 2.49. The third-order valence-corrected chi connectivity index (χ3v) is 7.02. The van der Waals surface area contributed by atoms with Crippen molar-refractivity contribution < 1.29 is 19.4 Å². The molecule has 8 nitrogen and oxygen atoms in total. The molecule has 0 bridgehead atoms. The normalized spacial score (nSPS) is 21.6. The van der Waals surface area contributed by atoms with Crippen LogP contribution in [0.4, 0.5) is 0 Å². The highest BCUT2D eigenvalue weighted by molar-refractivity contribution is 6.31. The zero-order valence-electron chi connectivity index (χ0n) is 17.2. The van der Waals surface area contributed by atoms with Gasteiger partial charge < -0.3 is 14.7 Å². The number of hydrogen-bond acceptors (Lipinski definition) is 5. The monoisotopic (exact) mass is 444 g/mol. The SMILES string of the molecule is O=C(O)c1nn(CC(=O)N2CCC(Oc3ncccc3Cl)CC23CC3)c2c1CCCC2. The summed E-state index contributed by atoms with van der Waals surface area (Å²) in [5, 5.41) is 14.3. The third kappa shape index (κ3) is 3.78. The number of halogens is 1. The Labute approximate surface area is 185 Å². The number of carboxylic acids is 1. The Morgan fingerprint density at radius 1 is 1.29 bits per heavy atom. The molecule has 1 aliphatic heterocycles. The summed E-state index contributed by atoms with van der Waals surface area (Å²) in [4.78, 5) is 31.0. The van der Waals surface area contributed by atoms with Crippen molar-refractivity contribution in [3.05, 3.63) is 40.3 Å². The third-order valence-electron chi connectivity index (χ3n) is 6.73. The first-order chi connectivity index (χ1) is 15.0. The summed E-state index contributed by atoms with van der Waals surface area (Å²) < 4.78 is 7.68. The van der Waals surface area contributed by atoms with E-state index in [1.807, 2.05) is 4.90 Å². The van der Waals surface area contributed by atoms with Crippen molar-refractivity contribution in [2.75, 3.05) is 6.54 Å². The molecule has 9 heteroatoms. The molecule has 3 aliphatic rings. The smallest absolute Gasteiger partial charge is 0.356 e. The standard InChI is InChI=1S/C22H25ClN4O4/c23-16-5-3-10-24-20(16)31-14-7-11-26(22(12-14)8-9-22)18(28)13-27-17-6-2-1-4-15(17)19(25-27)21(29)30/h3,5,10,14H,1-2,4,6-9,11-13H2,(H,29,30). The minimum atomic E-state index is -1.02. The zero-order chi connectivity index (χ0) is 21.6. The Bertz CT molecular complexity index is 1030. The van der Waals surface area contributed by atoms with Crippen LogP contribution >= 0.6 is 11.6 Å². The van der Waals surface area contributed by atoms with Gasteiger partial charge in [-0.3, -0.25) is 9.48 Å². The van der Waals surface area contributed by atoms with Crippen LogP contribution in [0.5, 0.6) is 5.88 Å². The lowest BCUT2D eigenvalue weighted by molar-refractivity contribution is -0.138. The van der Waals surface area contributed by atoms with Crippen LogP contribution in [0.15, 0.2) is 18.3 Å². The second-order valence-corrected chi connectivity index (χ2v) is 9.14. The molecule has 1 unspecified atom stereocenters. The van der Waals surface area contributed by atoms with Gasteiger partial charge in [-0.05, 0) is 50.7 Å². The van der Waals surface area contributed by atoms with Crippen molar-refractivity contribution in [3.63, 3.8) is 0 Å². The predicted molar refractivity (Wildman–Crippen MR) is 112 cm³/mol. The van der Waals surface area contributed by atoms with E-state index >= 15 is 0 Å². The second-order valence-electron chi connectivity index (χ2n) is 8.74. The van der Waals surface area contributed by atoms with Crippen LogP contribution in [-0.4, -0.2) is 54.8 Å². The molecule has 2 aromatic heterocycles. The van der Waals surface area contributed by atoms with E-state index in [0.717, 1.165) is 49.8 Å². The van der Waals surface area contributed by atoms with Crippen LogP contribution in [0.1, 0.15) is 60.3 Å². The fourth-order valence-corrected chi connectivity index (χ4v) is 5.22. The Morgan fingerprint density at radius 3 is 2.84 bits per heavy atom. The van der Waals surface area contributed by atoms with Gasteiger partial charge in [0, 0.05) is 42.4 Å². The molecule has 1 saturated heterocycles. The first kappa shape index (κ1) is 20.3. The number of likely N-dealkylation sites (tertiary alicyclic amines) is 1.